The highest BCUT2D eigenvalue weighted by Gasteiger charge is 2.32. The second-order valence-corrected chi connectivity index (χ2v) is 10.4. The zero-order valence-electron chi connectivity index (χ0n) is 22.1. The SMILES string of the molecule is O=C(CCCC(=O)Nc1cccc([C@@H]2O[C@H](CSc3ncccc3C(=O)O)C[C@H](c3ccc(CO)cc3)O2)c1)NO. The normalized spacial score (nSPS) is 18.4. The number of nitrogens with one attached hydrogen (secondary N) is 2. The van der Waals surface area contributed by atoms with Gasteiger partial charge in [0.05, 0.1) is 24.4 Å². The van der Waals surface area contributed by atoms with Crippen LogP contribution in [0.25, 0.3) is 0 Å². The summed E-state index contributed by atoms with van der Waals surface area (Å²) in [4.78, 5) is 39.4. The van der Waals surface area contributed by atoms with Crippen LogP contribution in [-0.2, 0) is 25.7 Å². The summed E-state index contributed by atoms with van der Waals surface area (Å²) in [5.74, 6) is -1.45. The summed E-state index contributed by atoms with van der Waals surface area (Å²) >= 11 is 1.30. The Labute approximate surface area is 240 Å². The lowest BCUT2D eigenvalue weighted by Gasteiger charge is -2.36. The maximum absolute atomic E-state index is 12.4. The summed E-state index contributed by atoms with van der Waals surface area (Å²) in [6.45, 7) is -0.0695. The molecule has 2 heterocycles. The van der Waals surface area contributed by atoms with Crippen LogP contribution < -0.4 is 10.8 Å². The van der Waals surface area contributed by atoms with Gasteiger partial charge < -0.3 is 25.0 Å². The number of ether oxygens (including phenoxy) is 2. The zero-order chi connectivity index (χ0) is 29.2. The fourth-order valence-electron chi connectivity index (χ4n) is 4.32. The van der Waals surface area contributed by atoms with Crippen LogP contribution in [0.4, 0.5) is 5.69 Å². The molecule has 0 bridgehead atoms. The molecule has 0 saturated carbocycles. The first kappa shape index (κ1) is 30.2. The molecule has 5 N–H and O–H groups in total. The molecule has 3 aromatic rings. The summed E-state index contributed by atoms with van der Waals surface area (Å²) in [6, 6.07) is 17.7. The smallest absolute Gasteiger partial charge is 0.338 e. The Morgan fingerprint density at radius 3 is 2.49 bits per heavy atom. The van der Waals surface area contributed by atoms with E-state index in [-0.39, 0.29) is 49.5 Å². The van der Waals surface area contributed by atoms with E-state index in [2.05, 4.69) is 10.3 Å². The number of aromatic nitrogens is 1. The number of carboxylic acids is 1. The number of aliphatic hydroxyl groups excluding tert-OH is 1. The van der Waals surface area contributed by atoms with Crippen LogP contribution in [-0.4, -0.2) is 50.0 Å². The Kier molecular flexibility index (Phi) is 10.8. The number of rotatable bonds is 12. The Bertz CT molecular complexity index is 1350. The lowest BCUT2D eigenvalue weighted by atomic mass is 10.0. The maximum Gasteiger partial charge on any atom is 0.338 e. The topological polar surface area (TPSA) is 167 Å². The molecule has 0 unspecified atom stereocenters. The average molecular weight is 582 g/mol. The molecule has 12 heteroatoms. The van der Waals surface area contributed by atoms with Crippen molar-refractivity contribution in [1.82, 2.24) is 10.5 Å². The molecule has 216 valence electrons. The number of aromatic carboxylic acids is 1. The van der Waals surface area contributed by atoms with Gasteiger partial charge in [-0.3, -0.25) is 14.8 Å². The standard InChI is InChI=1S/C29H31N3O8S/c33-16-18-9-11-19(12-10-18)24-15-22(17-41-27-23(28(36)37)6-3-13-30-27)39-29(40-24)20-4-1-5-21(14-20)31-25(34)7-2-8-26(35)32-38/h1,3-6,9-14,22,24,29,33,38H,2,7-8,15-17H2,(H,31,34)(H,32,35)(H,36,37)/t22-,24+,29+/m0/s1. The maximum atomic E-state index is 12.4. The van der Waals surface area contributed by atoms with Gasteiger partial charge in [-0.2, -0.15) is 0 Å². The van der Waals surface area contributed by atoms with E-state index in [4.69, 9.17) is 14.7 Å². The van der Waals surface area contributed by atoms with Crippen LogP contribution in [0.1, 0.15) is 65.1 Å². The summed E-state index contributed by atoms with van der Waals surface area (Å²) in [6.07, 6.45) is 1.04. The van der Waals surface area contributed by atoms with Crippen LogP contribution in [0.15, 0.2) is 71.9 Å². The number of carbonyl (C=O) groups excluding carboxylic acids is 2. The van der Waals surface area contributed by atoms with Crippen LogP contribution in [0.5, 0.6) is 0 Å². The van der Waals surface area contributed by atoms with Gasteiger partial charge in [-0.25, -0.2) is 15.3 Å². The van der Waals surface area contributed by atoms with Crippen molar-refractivity contribution in [2.24, 2.45) is 0 Å². The number of aliphatic hydroxyl groups is 1. The minimum Gasteiger partial charge on any atom is -0.478 e. The van der Waals surface area contributed by atoms with E-state index >= 15 is 0 Å². The number of hydrogen-bond donors (Lipinski definition) is 5. The molecule has 1 saturated heterocycles. The third kappa shape index (κ3) is 8.59. The van der Waals surface area contributed by atoms with Crippen molar-refractivity contribution in [3.8, 4) is 0 Å². The van der Waals surface area contributed by atoms with Crippen molar-refractivity contribution >= 4 is 35.2 Å². The second kappa shape index (κ2) is 14.7. The number of hydrogen-bond acceptors (Lipinski definition) is 9. The molecule has 3 atom stereocenters. The van der Waals surface area contributed by atoms with Gasteiger partial charge in [0.15, 0.2) is 6.29 Å². The van der Waals surface area contributed by atoms with Gasteiger partial charge in [0.2, 0.25) is 11.8 Å². The van der Waals surface area contributed by atoms with Crippen molar-refractivity contribution in [2.75, 3.05) is 11.1 Å². The first-order valence-corrected chi connectivity index (χ1v) is 14.0. The molecule has 2 aromatic carbocycles. The van der Waals surface area contributed by atoms with Crippen molar-refractivity contribution in [2.45, 2.75) is 55.8 Å². The number of anilines is 1. The molecular formula is C29H31N3O8S. The summed E-state index contributed by atoms with van der Waals surface area (Å²) in [5.41, 5.74) is 4.56. The molecule has 11 nitrogen and oxygen atoms in total. The summed E-state index contributed by atoms with van der Waals surface area (Å²) in [5, 5.41) is 30.7. The summed E-state index contributed by atoms with van der Waals surface area (Å²) in [7, 11) is 0. The number of nitrogens with zero attached hydrogens (tertiary/aromatic N) is 1. The zero-order valence-corrected chi connectivity index (χ0v) is 22.9. The van der Waals surface area contributed by atoms with Gasteiger partial charge in [0.25, 0.3) is 0 Å². The van der Waals surface area contributed by atoms with Crippen molar-refractivity contribution in [1.29, 1.82) is 0 Å². The number of carbonyl (C=O) groups is 3. The lowest BCUT2D eigenvalue weighted by Crippen LogP contribution is -2.31. The van der Waals surface area contributed by atoms with E-state index < -0.39 is 18.2 Å². The molecule has 1 aliphatic rings. The molecular weight excluding hydrogens is 550 g/mol. The third-order valence-electron chi connectivity index (χ3n) is 6.40. The van der Waals surface area contributed by atoms with Crippen molar-refractivity contribution in [3.63, 3.8) is 0 Å². The first-order chi connectivity index (χ1) is 19.9. The van der Waals surface area contributed by atoms with Gasteiger partial charge in [0, 0.05) is 42.5 Å². The Morgan fingerprint density at radius 1 is 0.976 bits per heavy atom. The molecule has 1 fully saturated rings. The predicted octanol–water partition coefficient (Wildman–Crippen LogP) is 4.22. The molecule has 1 aromatic heterocycles. The number of pyridine rings is 1. The predicted molar refractivity (Wildman–Crippen MR) is 149 cm³/mol. The lowest BCUT2D eigenvalue weighted by molar-refractivity contribution is -0.245. The van der Waals surface area contributed by atoms with E-state index in [0.29, 0.717) is 28.5 Å². The second-order valence-electron chi connectivity index (χ2n) is 9.38. The highest BCUT2D eigenvalue weighted by Crippen LogP contribution is 2.40. The highest BCUT2D eigenvalue weighted by atomic mass is 32.2. The Morgan fingerprint density at radius 2 is 1.76 bits per heavy atom. The van der Waals surface area contributed by atoms with Gasteiger partial charge in [-0.1, -0.05) is 36.4 Å². The largest absolute Gasteiger partial charge is 0.478 e. The Balaban J connectivity index is 1.49. The van der Waals surface area contributed by atoms with E-state index in [1.54, 1.807) is 35.9 Å². The number of amides is 2. The van der Waals surface area contributed by atoms with Crippen LogP contribution in [0.3, 0.4) is 0 Å². The first-order valence-electron chi connectivity index (χ1n) is 13.0. The van der Waals surface area contributed by atoms with E-state index in [1.165, 1.54) is 17.8 Å². The third-order valence-corrected chi connectivity index (χ3v) is 7.53. The number of carboxylic acid groups (broad SMARTS) is 1. The quantitative estimate of drug-likeness (QED) is 0.119. The Hall–Kier alpha value is -3.81. The molecule has 0 radical (unpaired) electrons. The highest BCUT2D eigenvalue weighted by molar-refractivity contribution is 7.99. The van der Waals surface area contributed by atoms with Gasteiger partial charge >= 0.3 is 5.97 Å². The van der Waals surface area contributed by atoms with Crippen LogP contribution in [0, 0.1) is 0 Å². The molecule has 1 aliphatic heterocycles. The van der Waals surface area contributed by atoms with E-state index in [0.717, 1.165) is 11.1 Å². The van der Waals surface area contributed by atoms with Crippen LogP contribution in [0.2, 0.25) is 0 Å². The van der Waals surface area contributed by atoms with Gasteiger partial charge in [0.1, 0.15) is 5.03 Å². The molecule has 0 aliphatic carbocycles. The van der Waals surface area contributed by atoms with Gasteiger partial charge in [-0.05, 0) is 41.8 Å². The minimum absolute atomic E-state index is 0.0280. The minimum atomic E-state index is -1.05. The van der Waals surface area contributed by atoms with Crippen molar-refractivity contribution < 1.29 is 39.3 Å². The number of benzene rings is 2. The number of thioether (sulfide) groups is 1. The molecule has 0 spiro atoms. The number of hydroxylamine groups is 1. The average Bonchev–Trinajstić information content (AvgIpc) is 3.00. The van der Waals surface area contributed by atoms with E-state index in [9.17, 15) is 24.6 Å². The molecule has 4 rings (SSSR count). The molecule has 2 amide bonds. The summed E-state index contributed by atoms with van der Waals surface area (Å²) < 4.78 is 12.7. The van der Waals surface area contributed by atoms with E-state index in [1.807, 2.05) is 30.3 Å². The fraction of sp³-hybridized carbons (Fsp3) is 0.310. The monoisotopic (exact) mass is 581 g/mol. The van der Waals surface area contributed by atoms with Crippen LogP contribution >= 0.6 is 11.8 Å². The van der Waals surface area contributed by atoms with Crippen molar-refractivity contribution in [3.05, 3.63) is 89.1 Å². The fourth-order valence-corrected chi connectivity index (χ4v) is 5.32. The van der Waals surface area contributed by atoms with Gasteiger partial charge in [-0.15, -0.1) is 11.8 Å². The molecule has 41 heavy (non-hydrogen) atoms.